The third-order valence-electron chi connectivity index (χ3n) is 5.58. The number of carboxylic acids is 1. The van der Waals surface area contributed by atoms with Crippen LogP contribution in [-0.2, 0) is 13.0 Å². The number of rotatable bonds is 7. The van der Waals surface area contributed by atoms with Crippen molar-refractivity contribution in [1.29, 1.82) is 0 Å². The first kappa shape index (κ1) is 20.6. The number of aromatic nitrogens is 2. The fourth-order valence-corrected chi connectivity index (χ4v) is 4.07. The first-order valence-electron chi connectivity index (χ1n) is 10.5. The van der Waals surface area contributed by atoms with Gasteiger partial charge >= 0.3 is 5.97 Å². The van der Waals surface area contributed by atoms with Crippen LogP contribution < -0.4 is 14.2 Å². The van der Waals surface area contributed by atoms with Crippen molar-refractivity contribution in [3.63, 3.8) is 0 Å². The molecule has 1 aliphatic rings. The molecule has 0 radical (unpaired) electrons. The molecule has 0 spiro atoms. The Morgan fingerprint density at radius 3 is 2.61 bits per heavy atom. The van der Waals surface area contributed by atoms with E-state index in [9.17, 15) is 9.90 Å². The van der Waals surface area contributed by atoms with Gasteiger partial charge in [0.1, 0.15) is 5.75 Å². The van der Waals surface area contributed by atoms with Crippen LogP contribution in [0.1, 0.15) is 27.2 Å². The third-order valence-corrected chi connectivity index (χ3v) is 5.58. The molecule has 1 aliphatic heterocycles. The van der Waals surface area contributed by atoms with Crippen molar-refractivity contribution < 1.29 is 24.1 Å². The summed E-state index contributed by atoms with van der Waals surface area (Å²) in [6.45, 7) is 0.593. The van der Waals surface area contributed by atoms with E-state index in [1.54, 1.807) is 11.8 Å². The number of nitrogens with zero attached hydrogens (tertiary/aromatic N) is 2. The average Bonchev–Trinajstić information content (AvgIpc) is 3.44. The van der Waals surface area contributed by atoms with E-state index in [4.69, 9.17) is 14.2 Å². The number of fused-ring (bicyclic) bond motifs is 1. The van der Waals surface area contributed by atoms with Crippen molar-refractivity contribution in [2.75, 3.05) is 13.9 Å². The van der Waals surface area contributed by atoms with Crippen molar-refractivity contribution in [1.82, 2.24) is 9.78 Å². The van der Waals surface area contributed by atoms with Gasteiger partial charge in [0.15, 0.2) is 17.2 Å². The van der Waals surface area contributed by atoms with Gasteiger partial charge in [0.2, 0.25) is 6.79 Å². The Kier molecular flexibility index (Phi) is 5.44. The van der Waals surface area contributed by atoms with E-state index in [0.29, 0.717) is 30.0 Å². The molecule has 166 valence electrons. The predicted octanol–water partition coefficient (Wildman–Crippen LogP) is 4.62. The smallest absolute Gasteiger partial charge is 0.356 e. The highest BCUT2D eigenvalue weighted by atomic mass is 16.7. The van der Waals surface area contributed by atoms with Crippen LogP contribution in [0.5, 0.6) is 17.2 Å². The number of hydrogen-bond acceptors (Lipinski definition) is 5. The van der Waals surface area contributed by atoms with Crippen molar-refractivity contribution in [2.24, 2.45) is 0 Å². The molecule has 5 rings (SSSR count). The molecule has 7 nitrogen and oxygen atoms in total. The molecule has 0 fully saturated rings. The quantitative estimate of drug-likeness (QED) is 0.450. The minimum absolute atomic E-state index is 0.0365. The zero-order valence-corrected chi connectivity index (χ0v) is 18.0. The van der Waals surface area contributed by atoms with Crippen LogP contribution in [0.25, 0.3) is 11.3 Å². The van der Waals surface area contributed by atoms with Gasteiger partial charge in [-0.1, -0.05) is 48.5 Å². The van der Waals surface area contributed by atoms with Crippen LogP contribution in [-0.4, -0.2) is 34.8 Å². The number of methoxy groups -OCH3 is 1. The monoisotopic (exact) mass is 442 g/mol. The molecule has 1 aromatic heterocycles. The number of benzene rings is 3. The van der Waals surface area contributed by atoms with Crippen LogP contribution >= 0.6 is 0 Å². The Labute approximate surface area is 190 Å². The zero-order chi connectivity index (χ0) is 22.8. The molecule has 33 heavy (non-hydrogen) atoms. The second-order valence-corrected chi connectivity index (χ2v) is 7.72. The minimum atomic E-state index is -1.06. The van der Waals surface area contributed by atoms with Gasteiger partial charge < -0.3 is 19.3 Å². The normalized spacial score (nSPS) is 12.0. The molecular weight excluding hydrogens is 420 g/mol. The zero-order valence-electron chi connectivity index (χ0n) is 18.0. The second-order valence-electron chi connectivity index (χ2n) is 7.72. The molecular formula is C26H22N2O5. The van der Waals surface area contributed by atoms with E-state index in [-0.39, 0.29) is 12.5 Å². The van der Waals surface area contributed by atoms with Crippen LogP contribution in [0.3, 0.4) is 0 Å². The predicted molar refractivity (Wildman–Crippen MR) is 122 cm³/mol. The van der Waals surface area contributed by atoms with E-state index >= 15 is 0 Å². The van der Waals surface area contributed by atoms with Crippen LogP contribution in [0.2, 0.25) is 0 Å². The average molecular weight is 442 g/mol. The number of carbonyl (C=O) groups is 1. The molecule has 7 heteroatoms. The van der Waals surface area contributed by atoms with Gasteiger partial charge in [-0.05, 0) is 35.4 Å². The third kappa shape index (κ3) is 4.13. The molecule has 0 atom stereocenters. The Balaban J connectivity index is 1.62. The first-order chi connectivity index (χ1) is 16.1. The summed E-state index contributed by atoms with van der Waals surface area (Å²) in [5.74, 6) is 1.02. The SMILES string of the molecule is COc1cccc(Cn2nc(C(=O)O)c(Cc3ccc4c(c3)OCO4)c2-c2ccccc2)c1. The highest BCUT2D eigenvalue weighted by molar-refractivity contribution is 5.90. The standard InChI is InChI=1S/C26H22N2O5/c1-31-20-9-5-6-18(12-20)15-28-25(19-7-3-2-4-8-19)21(24(27-28)26(29)30)13-17-10-11-22-23(14-17)33-16-32-22/h2-12,14H,13,15-16H2,1H3,(H,29,30). The summed E-state index contributed by atoms with van der Waals surface area (Å²) in [7, 11) is 1.62. The number of ether oxygens (including phenoxy) is 3. The summed E-state index contributed by atoms with van der Waals surface area (Å²) in [4.78, 5) is 12.2. The minimum Gasteiger partial charge on any atom is -0.497 e. The largest absolute Gasteiger partial charge is 0.497 e. The molecule has 0 saturated carbocycles. The maximum Gasteiger partial charge on any atom is 0.356 e. The fourth-order valence-electron chi connectivity index (χ4n) is 4.07. The molecule has 2 heterocycles. The Bertz CT molecular complexity index is 1310. The van der Waals surface area contributed by atoms with Gasteiger partial charge in [-0.2, -0.15) is 5.10 Å². The van der Waals surface area contributed by atoms with Crippen molar-refractivity contribution in [3.05, 3.63) is 95.2 Å². The molecule has 0 saturated heterocycles. The summed E-state index contributed by atoms with van der Waals surface area (Å²) >= 11 is 0. The lowest BCUT2D eigenvalue weighted by molar-refractivity contribution is 0.0688. The van der Waals surface area contributed by atoms with Gasteiger partial charge in [-0.25, -0.2) is 4.79 Å². The maximum absolute atomic E-state index is 12.2. The Morgan fingerprint density at radius 2 is 1.82 bits per heavy atom. The Morgan fingerprint density at radius 1 is 1.00 bits per heavy atom. The van der Waals surface area contributed by atoms with Crippen LogP contribution in [0.4, 0.5) is 0 Å². The number of hydrogen-bond donors (Lipinski definition) is 1. The number of aromatic carboxylic acids is 1. The number of carboxylic acid groups (broad SMARTS) is 1. The summed E-state index contributed by atoms with van der Waals surface area (Å²) in [6, 6.07) is 23.1. The van der Waals surface area contributed by atoms with E-state index in [2.05, 4.69) is 5.10 Å². The van der Waals surface area contributed by atoms with E-state index < -0.39 is 5.97 Å². The van der Waals surface area contributed by atoms with Gasteiger partial charge in [0.05, 0.1) is 19.3 Å². The van der Waals surface area contributed by atoms with E-state index in [1.807, 2.05) is 72.8 Å². The lowest BCUT2D eigenvalue weighted by atomic mass is 9.98. The maximum atomic E-state index is 12.2. The lowest BCUT2D eigenvalue weighted by Crippen LogP contribution is -2.06. The Hall–Kier alpha value is -4.26. The van der Waals surface area contributed by atoms with Crippen LogP contribution in [0, 0.1) is 0 Å². The summed E-state index contributed by atoms with van der Waals surface area (Å²) in [5, 5.41) is 14.5. The lowest BCUT2D eigenvalue weighted by Gasteiger charge is -2.11. The topological polar surface area (TPSA) is 82.8 Å². The summed E-state index contributed by atoms with van der Waals surface area (Å²) in [6.07, 6.45) is 0.389. The van der Waals surface area contributed by atoms with Gasteiger partial charge in [0, 0.05) is 17.5 Å². The fraction of sp³-hybridized carbons (Fsp3) is 0.154. The molecule has 0 unspecified atom stereocenters. The van der Waals surface area contributed by atoms with Gasteiger partial charge in [-0.15, -0.1) is 0 Å². The van der Waals surface area contributed by atoms with Crippen molar-refractivity contribution >= 4 is 5.97 Å². The molecule has 0 aliphatic carbocycles. The molecule has 3 aromatic carbocycles. The van der Waals surface area contributed by atoms with Crippen LogP contribution in [0.15, 0.2) is 72.8 Å². The van der Waals surface area contributed by atoms with Gasteiger partial charge in [-0.3, -0.25) is 4.68 Å². The van der Waals surface area contributed by atoms with Crippen molar-refractivity contribution in [3.8, 4) is 28.5 Å². The van der Waals surface area contributed by atoms with E-state index in [1.165, 1.54) is 0 Å². The van der Waals surface area contributed by atoms with Crippen molar-refractivity contribution in [2.45, 2.75) is 13.0 Å². The second kappa shape index (κ2) is 8.70. The molecule has 4 aromatic rings. The first-order valence-corrected chi connectivity index (χ1v) is 10.5. The molecule has 1 N–H and O–H groups in total. The van der Waals surface area contributed by atoms with E-state index in [0.717, 1.165) is 28.1 Å². The van der Waals surface area contributed by atoms with Gasteiger partial charge in [0.25, 0.3) is 0 Å². The highest BCUT2D eigenvalue weighted by Gasteiger charge is 2.25. The molecule has 0 bridgehead atoms. The summed E-state index contributed by atoms with van der Waals surface area (Å²) < 4.78 is 18.0. The summed E-state index contributed by atoms with van der Waals surface area (Å²) in [5.41, 5.74) is 4.23. The molecule has 0 amide bonds. The highest BCUT2D eigenvalue weighted by Crippen LogP contribution is 2.35.